The molecule has 0 spiro atoms. The summed E-state index contributed by atoms with van der Waals surface area (Å²) in [5.41, 5.74) is 10.9. The van der Waals surface area contributed by atoms with Crippen molar-refractivity contribution in [2.24, 2.45) is 0 Å². The van der Waals surface area contributed by atoms with Gasteiger partial charge in [0.25, 0.3) is 0 Å². The summed E-state index contributed by atoms with van der Waals surface area (Å²) in [5, 5.41) is 5.56. The Morgan fingerprint density at radius 3 is 2.21 bits per heavy atom. The summed E-state index contributed by atoms with van der Waals surface area (Å²) in [4.78, 5) is 0. The zero-order valence-electron chi connectivity index (χ0n) is 23.9. The van der Waals surface area contributed by atoms with Gasteiger partial charge < -0.3 is 0 Å². The summed E-state index contributed by atoms with van der Waals surface area (Å²) in [7, 11) is 10.7. The van der Waals surface area contributed by atoms with Gasteiger partial charge in [0.1, 0.15) is 0 Å². The summed E-state index contributed by atoms with van der Waals surface area (Å²) < 4.78 is 0. The predicted molar refractivity (Wildman–Crippen MR) is 181 cm³/mol. The first-order valence-corrected chi connectivity index (χ1v) is 21.6. The standard InChI is InChI=1S/C26H25.C12H7Si.2ClH.Zr/c1-3-4-11-20-17-22-15-16-24(21-12-6-5-7-13-21)26(25(22)18-20)23-14-9-8-10-19(23)2;1-3-7-11-9(5-1)10-6-2-4-8-12(10)13-11;;;/h5-10,12-18H,3-4,11H2,1-2H3;1-7H;2*1H;/q2*-1;;;+4/p-2. The second kappa shape index (κ2) is 15.2. The molecule has 1 heterocycles. The molecule has 0 amide bonds. The van der Waals surface area contributed by atoms with Gasteiger partial charge in [-0.3, -0.25) is 0 Å². The number of halogens is 2. The summed E-state index contributed by atoms with van der Waals surface area (Å²) in [5.74, 6) is 0. The van der Waals surface area contributed by atoms with E-state index in [1.807, 2.05) is 6.07 Å². The Labute approximate surface area is 271 Å². The number of benzene rings is 5. The van der Waals surface area contributed by atoms with Crippen molar-refractivity contribution in [1.82, 2.24) is 0 Å². The average molecular weight is 679 g/mol. The molecule has 0 bridgehead atoms. The molecule has 0 fully saturated rings. The normalized spacial score (nSPS) is 11.0. The molecule has 0 nitrogen and oxygen atoms in total. The molecular weight excluding hydrogens is 647 g/mol. The molecule has 0 aromatic heterocycles. The van der Waals surface area contributed by atoms with Gasteiger partial charge in [0.15, 0.2) is 0 Å². The number of aryl methyl sites for hydroxylation is 2. The van der Waals surface area contributed by atoms with Crippen LogP contribution in [0.1, 0.15) is 30.9 Å². The van der Waals surface area contributed by atoms with E-state index in [1.54, 1.807) is 0 Å². The number of fused-ring (bicyclic) bond motifs is 4. The van der Waals surface area contributed by atoms with Crippen molar-refractivity contribution in [3.8, 4) is 33.4 Å². The van der Waals surface area contributed by atoms with Crippen LogP contribution in [-0.2, 0) is 27.3 Å². The number of unbranched alkanes of at least 4 members (excludes halogenated alkanes) is 1. The van der Waals surface area contributed by atoms with Gasteiger partial charge in [-0.15, -0.1) is 34.0 Å². The maximum Gasteiger partial charge on any atom is 0.0920 e. The van der Waals surface area contributed by atoms with Gasteiger partial charge in [0.2, 0.25) is 0 Å². The molecule has 0 unspecified atom stereocenters. The van der Waals surface area contributed by atoms with E-state index in [2.05, 4.69) is 135 Å². The zero-order chi connectivity index (χ0) is 29.3. The molecule has 0 saturated heterocycles. The third-order valence-electron chi connectivity index (χ3n) is 7.60. The first-order valence-electron chi connectivity index (χ1n) is 14.3. The van der Waals surface area contributed by atoms with E-state index in [1.165, 1.54) is 84.9 Å². The second-order valence-electron chi connectivity index (χ2n) is 10.3. The first kappa shape index (κ1) is 30.8. The Bertz CT molecular complexity index is 1710. The van der Waals surface area contributed by atoms with Crippen LogP contribution in [0, 0.1) is 13.0 Å². The molecule has 4 heteroatoms. The summed E-state index contributed by atoms with van der Waals surface area (Å²) in [6, 6.07) is 47.0. The Kier molecular flexibility index (Phi) is 11.2. The molecule has 7 rings (SSSR count). The van der Waals surface area contributed by atoms with E-state index in [-0.39, 0.29) is 0 Å². The monoisotopic (exact) mass is 676 g/mol. The van der Waals surface area contributed by atoms with E-state index in [0.717, 1.165) is 9.52 Å². The van der Waals surface area contributed by atoms with E-state index in [0.29, 0.717) is 0 Å². The molecule has 0 aliphatic carbocycles. The molecule has 6 aromatic carbocycles. The van der Waals surface area contributed by atoms with Crippen LogP contribution in [0.5, 0.6) is 0 Å². The van der Waals surface area contributed by atoms with E-state index in [4.69, 9.17) is 17.0 Å². The minimum atomic E-state index is -0.826. The van der Waals surface area contributed by atoms with Gasteiger partial charge in [-0.1, -0.05) is 121 Å². The smallest absolute Gasteiger partial charge is 0.0920 e. The Hall–Kier alpha value is -2.61. The third kappa shape index (κ3) is 7.12. The van der Waals surface area contributed by atoms with E-state index >= 15 is 0 Å². The van der Waals surface area contributed by atoms with Gasteiger partial charge in [-0.05, 0) is 35.6 Å². The topological polar surface area (TPSA) is 0 Å². The molecule has 0 atom stereocenters. The molecular formula is C38H32Cl2SiZr. The summed E-state index contributed by atoms with van der Waals surface area (Å²) >= 11 is -0.826. The van der Waals surface area contributed by atoms with Crippen LogP contribution in [-0.4, -0.2) is 9.52 Å². The van der Waals surface area contributed by atoms with Crippen molar-refractivity contribution in [2.75, 3.05) is 0 Å². The van der Waals surface area contributed by atoms with Gasteiger partial charge >= 0.3 is 37.9 Å². The van der Waals surface area contributed by atoms with Crippen LogP contribution in [0.15, 0.2) is 121 Å². The van der Waals surface area contributed by atoms with Crippen LogP contribution in [0.2, 0.25) is 0 Å². The van der Waals surface area contributed by atoms with Gasteiger partial charge in [0.05, 0.1) is 9.52 Å². The van der Waals surface area contributed by atoms with Crippen LogP contribution in [0.4, 0.5) is 0 Å². The molecule has 0 N–H and O–H groups in total. The fraction of sp³-hybridized carbons (Fsp3) is 0.132. The van der Waals surface area contributed by atoms with Crippen molar-refractivity contribution in [2.45, 2.75) is 33.1 Å². The van der Waals surface area contributed by atoms with Crippen molar-refractivity contribution < 1.29 is 20.8 Å². The molecule has 6 aromatic rings. The fourth-order valence-corrected chi connectivity index (χ4v) is 6.91. The third-order valence-corrected chi connectivity index (χ3v) is 8.97. The van der Waals surface area contributed by atoms with Crippen molar-refractivity contribution in [3.63, 3.8) is 0 Å². The fourth-order valence-electron chi connectivity index (χ4n) is 5.60. The molecule has 206 valence electrons. The summed E-state index contributed by atoms with van der Waals surface area (Å²) in [6.07, 6.45) is 3.65. The van der Waals surface area contributed by atoms with Crippen molar-refractivity contribution in [3.05, 3.63) is 139 Å². The maximum absolute atomic E-state index is 4.93. The summed E-state index contributed by atoms with van der Waals surface area (Å²) in [6.45, 7) is 4.47. The largest absolute Gasteiger partial charge is 0.184 e. The number of rotatable bonds is 5. The van der Waals surface area contributed by atoms with Crippen LogP contribution in [0.25, 0.3) is 44.2 Å². The Balaban J connectivity index is 0.000000183. The minimum absolute atomic E-state index is 0.795. The maximum atomic E-state index is 4.93. The number of hydrogen-bond acceptors (Lipinski definition) is 0. The molecule has 1 aliphatic heterocycles. The van der Waals surface area contributed by atoms with E-state index in [9.17, 15) is 0 Å². The Morgan fingerprint density at radius 1 is 0.762 bits per heavy atom. The quantitative estimate of drug-likeness (QED) is 0.126. The van der Waals surface area contributed by atoms with E-state index < -0.39 is 20.8 Å². The van der Waals surface area contributed by atoms with Crippen molar-refractivity contribution in [1.29, 1.82) is 0 Å². The van der Waals surface area contributed by atoms with Crippen LogP contribution < -0.4 is 10.4 Å². The van der Waals surface area contributed by atoms with Gasteiger partial charge in [-0.25, -0.2) is 0 Å². The van der Waals surface area contributed by atoms with Crippen LogP contribution in [0.3, 0.4) is 0 Å². The predicted octanol–water partition coefficient (Wildman–Crippen LogP) is 10.0. The molecule has 0 saturated carbocycles. The minimum Gasteiger partial charge on any atom is -0.184 e. The Morgan fingerprint density at radius 2 is 1.45 bits per heavy atom. The average Bonchev–Trinajstić information content (AvgIpc) is 3.62. The SMILES string of the molecule is CCCCc1cc2c(-c3ccccc3C)c(-c3ccccc3)ccc2[cH-]1.[Cl][Zr+2][Cl].[c-]1cccc2c1[Si]c1ccccc1-2. The number of hydrogen-bond donors (Lipinski definition) is 0. The van der Waals surface area contributed by atoms with Crippen molar-refractivity contribution >= 4 is 47.7 Å². The van der Waals surface area contributed by atoms with Gasteiger partial charge in [0, 0.05) is 0 Å². The molecule has 42 heavy (non-hydrogen) atoms. The van der Waals surface area contributed by atoms with Gasteiger partial charge in [-0.2, -0.15) is 35.5 Å². The first-order chi connectivity index (χ1) is 20.6. The zero-order valence-corrected chi connectivity index (χ0v) is 28.9. The van der Waals surface area contributed by atoms with Crippen LogP contribution >= 0.6 is 17.0 Å². The molecule has 2 radical (unpaired) electrons. The second-order valence-corrected chi connectivity index (χ2v) is 15.4. The molecule has 1 aliphatic rings.